The molecule has 0 atom stereocenters. The molecule has 0 saturated heterocycles. The highest BCUT2D eigenvalue weighted by Crippen LogP contribution is 2.38. The summed E-state index contributed by atoms with van der Waals surface area (Å²) in [6, 6.07) is 0. The van der Waals surface area contributed by atoms with E-state index in [2.05, 4.69) is 15.3 Å². The van der Waals surface area contributed by atoms with Gasteiger partial charge in [-0.05, 0) is 31.4 Å². The maximum absolute atomic E-state index is 4.60. The molecule has 0 radical (unpaired) electrons. The fourth-order valence-corrected chi connectivity index (χ4v) is 1.79. The van der Waals surface area contributed by atoms with Crippen LogP contribution in [0.4, 0.5) is 0 Å². The second kappa shape index (κ2) is 3.83. The first kappa shape index (κ1) is 9.87. The summed E-state index contributed by atoms with van der Waals surface area (Å²) in [5.41, 5.74) is 2.56. The Morgan fingerprint density at radius 3 is 3.00 bits per heavy atom. The van der Waals surface area contributed by atoms with Crippen LogP contribution in [0.5, 0.6) is 0 Å². The SMILES string of the molecule is Cl.c1nc(C2CC2)nc2c1CCNC2. The highest BCUT2D eigenvalue weighted by Gasteiger charge is 2.27. The topological polar surface area (TPSA) is 37.8 Å². The van der Waals surface area contributed by atoms with E-state index in [1.807, 2.05) is 6.20 Å². The lowest BCUT2D eigenvalue weighted by atomic mass is 10.1. The summed E-state index contributed by atoms with van der Waals surface area (Å²) in [7, 11) is 0. The van der Waals surface area contributed by atoms with Gasteiger partial charge in [-0.25, -0.2) is 9.97 Å². The van der Waals surface area contributed by atoms with Crippen LogP contribution >= 0.6 is 12.4 Å². The fourth-order valence-electron chi connectivity index (χ4n) is 1.79. The van der Waals surface area contributed by atoms with Gasteiger partial charge < -0.3 is 5.32 Å². The first-order valence-electron chi connectivity index (χ1n) is 4.99. The molecule has 1 aromatic heterocycles. The Kier molecular flexibility index (Phi) is 2.70. The summed E-state index contributed by atoms with van der Waals surface area (Å²) >= 11 is 0. The third-order valence-corrected chi connectivity index (χ3v) is 2.78. The van der Waals surface area contributed by atoms with Crippen LogP contribution in [0.1, 0.15) is 35.8 Å². The number of hydrogen-bond donors (Lipinski definition) is 1. The van der Waals surface area contributed by atoms with Crippen LogP contribution in [0, 0.1) is 0 Å². The van der Waals surface area contributed by atoms with Crippen molar-refractivity contribution in [3.05, 3.63) is 23.3 Å². The maximum atomic E-state index is 4.60. The number of rotatable bonds is 1. The van der Waals surface area contributed by atoms with Gasteiger partial charge in [0, 0.05) is 18.7 Å². The van der Waals surface area contributed by atoms with Crippen molar-refractivity contribution < 1.29 is 0 Å². The Labute approximate surface area is 89.8 Å². The summed E-state index contributed by atoms with van der Waals surface area (Å²) in [6.07, 6.45) is 5.68. The minimum absolute atomic E-state index is 0. The van der Waals surface area contributed by atoms with Crippen LogP contribution in [0.25, 0.3) is 0 Å². The van der Waals surface area contributed by atoms with Crippen LogP contribution < -0.4 is 5.32 Å². The third-order valence-electron chi connectivity index (χ3n) is 2.78. The van der Waals surface area contributed by atoms with Gasteiger partial charge in [-0.2, -0.15) is 0 Å². The standard InChI is InChI=1S/C10H13N3.ClH/c1-2-7(1)10-12-5-8-3-4-11-6-9(8)13-10;/h5,7,11H,1-4,6H2;1H. The first-order valence-corrected chi connectivity index (χ1v) is 4.99. The quantitative estimate of drug-likeness (QED) is 0.764. The Balaban J connectivity index is 0.000000750. The summed E-state index contributed by atoms with van der Waals surface area (Å²) in [5.74, 6) is 1.75. The number of fused-ring (bicyclic) bond motifs is 1. The Morgan fingerprint density at radius 2 is 2.21 bits per heavy atom. The minimum Gasteiger partial charge on any atom is -0.311 e. The number of nitrogens with zero attached hydrogens (tertiary/aromatic N) is 2. The van der Waals surface area contributed by atoms with E-state index < -0.39 is 0 Å². The van der Waals surface area contributed by atoms with Gasteiger partial charge in [0.2, 0.25) is 0 Å². The molecular formula is C10H14ClN3. The molecule has 0 amide bonds. The van der Waals surface area contributed by atoms with Crippen LogP contribution in [0.3, 0.4) is 0 Å². The lowest BCUT2D eigenvalue weighted by Crippen LogP contribution is -2.25. The second-order valence-corrected chi connectivity index (χ2v) is 3.90. The molecule has 3 rings (SSSR count). The monoisotopic (exact) mass is 211 g/mol. The van der Waals surface area contributed by atoms with E-state index in [4.69, 9.17) is 0 Å². The zero-order valence-electron chi connectivity index (χ0n) is 7.99. The minimum atomic E-state index is 0. The van der Waals surface area contributed by atoms with Crippen molar-refractivity contribution in [2.75, 3.05) is 6.54 Å². The van der Waals surface area contributed by atoms with Crippen LogP contribution in [-0.4, -0.2) is 16.5 Å². The molecule has 0 bridgehead atoms. The summed E-state index contributed by atoms with van der Waals surface area (Å²) in [5, 5.41) is 3.34. The molecule has 76 valence electrons. The van der Waals surface area contributed by atoms with E-state index in [1.165, 1.54) is 24.1 Å². The van der Waals surface area contributed by atoms with E-state index in [9.17, 15) is 0 Å². The molecule has 14 heavy (non-hydrogen) atoms. The van der Waals surface area contributed by atoms with Gasteiger partial charge in [-0.15, -0.1) is 12.4 Å². The van der Waals surface area contributed by atoms with Crippen LogP contribution in [0.15, 0.2) is 6.20 Å². The average Bonchev–Trinajstić information content (AvgIpc) is 3.00. The molecule has 0 unspecified atom stereocenters. The fraction of sp³-hybridized carbons (Fsp3) is 0.600. The smallest absolute Gasteiger partial charge is 0.131 e. The van der Waals surface area contributed by atoms with Crippen molar-refractivity contribution in [3.8, 4) is 0 Å². The zero-order valence-corrected chi connectivity index (χ0v) is 8.81. The van der Waals surface area contributed by atoms with Crippen molar-refractivity contribution >= 4 is 12.4 Å². The van der Waals surface area contributed by atoms with Crippen molar-refractivity contribution in [3.63, 3.8) is 0 Å². The summed E-state index contributed by atoms with van der Waals surface area (Å²) < 4.78 is 0. The number of hydrogen-bond acceptors (Lipinski definition) is 3. The summed E-state index contributed by atoms with van der Waals surface area (Å²) in [6.45, 7) is 2.00. The molecule has 1 fully saturated rings. The predicted molar refractivity (Wildman–Crippen MR) is 56.7 cm³/mol. The zero-order chi connectivity index (χ0) is 8.67. The van der Waals surface area contributed by atoms with E-state index in [0.29, 0.717) is 5.92 Å². The second-order valence-electron chi connectivity index (χ2n) is 3.90. The molecule has 1 aromatic rings. The Morgan fingerprint density at radius 1 is 1.36 bits per heavy atom. The molecule has 2 heterocycles. The number of nitrogens with one attached hydrogen (secondary N) is 1. The number of aromatic nitrogens is 2. The van der Waals surface area contributed by atoms with Crippen LogP contribution in [0.2, 0.25) is 0 Å². The van der Waals surface area contributed by atoms with Crippen molar-refractivity contribution in [2.24, 2.45) is 0 Å². The van der Waals surface area contributed by atoms with E-state index >= 15 is 0 Å². The largest absolute Gasteiger partial charge is 0.311 e. The Hall–Kier alpha value is -0.670. The highest BCUT2D eigenvalue weighted by molar-refractivity contribution is 5.85. The molecule has 4 heteroatoms. The van der Waals surface area contributed by atoms with Gasteiger partial charge in [-0.3, -0.25) is 0 Å². The molecule has 1 saturated carbocycles. The first-order chi connectivity index (χ1) is 6.43. The molecule has 1 N–H and O–H groups in total. The molecule has 0 aromatic carbocycles. The van der Waals surface area contributed by atoms with Gasteiger partial charge in [0.05, 0.1) is 5.69 Å². The molecule has 0 spiro atoms. The summed E-state index contributed by atoms with van der Waals surface area (Å²) in [4.78, 5) is 9.02. The van der Waals surface area contributed by atoms with Gasteiger partial charge >= 0.3 is 0 Å². The van der Waals surface area contributed by atoms with Crippen LogP contribution in [-0.2, 0) is 13.0 Å². The number of halogens is 1. The van der Waals surface area contributed by atoms with Crippen molar-refractivity contribution in [2.45, 2.75) is 31.7 Å². The normalized spacial score (nSPS) is 19.7. The Bertz CT molecular complexity index is 336. The molecule has 2 aliphatic rings. The van der Waals surface area contributed by atoms with Gasteiger partial charge in [0.15, 0.2) is 0 Å². The predicted octanol–water partition coefficient (Wildman–Crippen LogP) is 1.42. The average molecular weight is 212 g/mol. The third kappa shape index (κ3) is 1.74. The lowest BCUT2D eigenvalue weighted by Gasteiger charge is -2.15. The lowest BCUT2D eigenvalue weighted by molar-refractivity contribution is 0.616. The van der Waals surface area contributed by atoms with Gasteiger partial charge in [0.1, 0.15) is 5.82 Å². The molecule has 1 aliphatic carbocycles. The maximum Gasteiger partial charge on any atom is 0.131 e. The van der Waals surface area contributed by atoms with E-state index in [-0.39, 0.29) is 12.4 Å². The molecular weight excluding hydrogens is 198 g/mol. The highest BCUT2D eigenvalue weighted by atomic mass is 35.5. The van der Waals surface area contributed by atoms with E-state index in [0.717, 1.165) is 25.3 Å². The van der Waals surface area contributed by atoms with Crippen molar-refractivity contribution in [1.29, 1.82) is 0 Å². The molecule has 1 aliphatic heterocycles. The molecule has 3 nitrogen and oxygen atoms in total. The van der Waals surface area contributed by atoms with Crippen molar-refractivity contribution in [1.82, 2.24) is 15.3 Å². The van der Waals surface area contributed by atoms with Gasteiger partial charge in [0.25, 0.3) is 0 Å². The van der Waals surface area contributed by atoms with Gasteiger partial charge in [-0.1, -0.05) is 0 Å². The van der Waals surface area contributed by atoms with E-state index in [1.54, 1.807) is 0 Å².